The van der Waals surface area contributed by atoms with Crippen molar-refractivity contribution in [1.82, 2.24) is 0 Å². The van der Waals surface area contributed by atoms with Crippen LogP contribution in [0.3, 0.4) is 0 Å². The number of nitrogens with zero attached hydrogens (tertiary/aromatic N) is 1. The van der Waals surface area contributed by atoms with Gasteiger partial charge in [0, 0.05) is 24.3 Å². The molecule has 1 aliphatic heterocycles. The number of benzene rings is 1. The van der Waals surface area contributed by atoms with E-state index in [0.717, 1.165) is 25.0 Å². The molecule has 1 aromatic carbocycles. The van der Waals surface area contributed by atoms with E-state index in [4.69, 9.17) is 10.5 Å². The van der Waals surface area contributed by atoms with Crippen LogP contribution in [-0.4, -0.2) is 25.7 Å². The van der Waals surface area contributed by atoms with Crippen LogP contribution in [0.4, 0.5) is 5.69 Å². The second-order valence-electron chi connectivity index (χ2n) is 5.73. The van der Waals surface area contributed by atoms with Crippen molar-refractivity contribution in [1.29, 1.82) is 0 Å². The SMILES string of the molecule is COc1ccc(N2CCCC2)c(CC2(N)CC2)c1. The topological polar surface area (TPSA) is 38.5 Å². The number of anilines is 1. The van der Waals surface area contributed by atoms with Crippen molar-refractivity contribution < 1.29 is 4.74 Å². The van der Waals surface area contributed by atoms with E-state index in [1.165, 1.54) is 37.2 Å². The first-order valence-corrected chi connectivity index (χ1v) is 6.91. The number of nitrogens with two attached hydrogens (primary N) is 1. The molecule has 3 nitrogen and oxygen atoms in total. The highest BCUT2D eigenvalue weighted by Crippen LogP contribution is 2.39. The molecule has 0 amide bonds. The van der Waals surface area contributed by atoms with Crippen LogP contribution in [0.2, 0.25) is 0 Å². The predicted octanol–water partition coefficient (Wildman–Crippen LogP) is 2.33. The van der Waals surface area contributed by atoms with Crippen molar-refractivity contribution in [3.63, 3.8) is 0 Å². The van der Waals surface area contributed by atoms with Gasteiger partial charge in [-0.3, -0.25) is 0 Å². The number of hydrogen-bond acceptors (Lipinski definition) is 3. The third-order valence-corrected chi connectivity index (χ3v) is 4.17. The Hall–Kier alpha value is -1.22. The fraction of sp³-hybridized carbons (Fsp3) is 0.600. The van der Waals surface area contributed by atoms with Gasteiger partial charge in [0.2, 0.25) is 0 Å². The summed E-state index contributed by atoms with van der Waals surface area (Å²) < 4.78 is 5.35. The molecule has 3 heteroatoms. The zero-order chi connectivity index (χ0) is 12.6. The average molecular weight is 246 g/mol. The molecule has 1 heterocycles. The number of hydrogen-bond donors (Lipinski definition) is 1. The Kier molecular flexibility index (Phi) is 2.94. The van der Waals surface area contributed by atoms with Crippen LogP contribution < -0.4 is 15.4 Å². The molecule has 0 radical (unpaired) electrons. The van der Waals surface area contributed by atoms with Gasteiger partial charge in [0.25, 0.3) is 0 Å². The molecule has 0 unspecified atom stereocenters. The Labute approximate surface area is 109 Å². The van der Waals surface area contributed by atoms with E-state index in [9.17, 15) is 0 Å². The monoisotopic (exact) mass is 246 g/mol. The molecule has 98 valence electrons. The number of rotatable bonds is 4. The largest absolute Gasteiger partial charge is 0.497 e. The van der Waals surface area contributed by atoms with E-state index in [1.54, 1.807) is 7.11 Å². The van der Waals surface area contributed by atoms with Gasteiger partial charge in [-0.15, -0.1) is 0 Å². The summed E-state index contributed by atoms with van der Waals surface area (Å²) in [7, 11) is 1.73. The lowest BCUT2D eigenvalue weighted by Gasteiger charge is -2.23. The Morgan fingerprint density at radius 1 is 1.28 bits per heavy atom. The number of ether oxygens (including phenoxy) is 1. The van der Waals surface area contributed by atoms with Gasteiger partial charge in [0.1, 0.15) is 5.75 Å². The van der Waals surface area contributed by atoms with Crippen LogP contribution in [0.1, 0.15) is 31.2 Å². The van der Waals surface area contributed by atoms with Crippen LogP contribution in [0, 0.1) is 0 Å². The summed E-state index contributed by atoms with van der Waals surface area (Å²) in [5.74, 6) is 0.942. The molecular formula is C15H22N2O. The minimum atomic E-state index is 0.0564. The van der Waals surface area contributed by atoms with Gasteiger partial charge in [-0.1, -0.05) is 0 Å². The van der Waals surface area contributed by atoms with Crippen LogP contribution in [0.5, 0.6) is 5.75 Å². The van der Waals surface area contributed by atoms with Crippen LogP contribution in [-0.2, 0) is 6.42 Å². The highest BCUT2D eigenvalue weighted by molar-refractivity contribution is 5.57. The third kappa shape index (κ3) is 2.32. The lowest BCUT2D eigenvalue weighted by atomic mass is 10.0. The molecule has 0 bridgehead atoms. The van der Waals surface area contributed by atoms with Crippen molar-refractivity contribution in [3.05, 3.63) is 23.8 Å². The molecule has 0 aromatic heterocycles. The summed E-state index contributed by atoms with van der Waals surface area (Å²) >= 11 is 0. The van der Waals surface area contributed by atoms with E-state index in [-0.39, 0.29) is 5.54 Å². The second-order valence-corrected chi connectivity index (χ2v) is 5.73. The van der Waals surface area contributed by atoms with Crippen LogP contribution in [0.25, 0.3) is 0 Å². The molecule has 1 saturated heterocycles. The van der Waals surface area contributed by atoms with Gasteiger partial charge in [0.05, 0.1) is 7.11 Å². The van der Waals surface area contributed by atoms with Crippen LogP contribution in [0.15, 0.2) is 18.2 Å². The molecule has 18 heavy (non-hydrogen) atoms. The van der Waals surface area contributed by atoms with Crippen molar-refractivity contribution in [2.75, 3.05) is 25.1 Å². The van der Waals surface area contributed by atoms with E-state index < -0.39 is 0 Å². The average Bonchev–Trinajstić information content (AvgIpc) is 2.90. The van der Waals surface area contributed by atoms with E-state index in [2.05, 4.69) is 23.1 Å². The lowest BCUT2D eigenvalue weighted by Crippen LogP contribution is -2.27. The molecule has 3 rings (SSSR count). The minimum Gasteiger partial charge on any atom is -0.497 e. The summed E-state index contributed by atoms with van der Waals surface area (Å²) in [6.45, 7) is 2.35. The van der Waals surface area contributed by atoms with E-state index in [1.807, 2.05) is 0 Å². The summed E-state index contributed by atoms with van der Waals surface area (Å²) in [4.78, 5) is 2.49. The Morgan fingerprint density at radius 3 is 2.61 bits per heavy atom. The van der Waals surface area contributed by atoms with Gasteiger partial charge in [-0.25, -0.2) is 0 Å². The summed E-state index contributed by atoms with van der Waals surface area (Å²) in [6, 6.07) is 6.43. The maximum atomic E-state index is 6.28. The standard InChI is InChI=1S/C15H22N2O/c1-18-13-4-5-14(17-8-2-3-9-17)12(10-13)11-15(16)6-7-15/h4-5,10H,2-3,6-9,11,16H2,1H3. The normalized spacial score (nSPS) is 21.1. The molecule has 1 aliphatic carbocycles. The molecule has 0 atom stereocenters. The molecule has 2 fully saturated rings. The highest BCUT2D eigenvalue weighted by Gasteiger charge is 2.39. The fourth-order valence-corrected chi connectivity index (χ4v) is 2.81. The third-order valence-electron chi connectivity index (χ3n) is 4.17. The highest BCUT2D eigenvalue weighted by atomic mass is 16.5. The molecule has 1 aromatic rings. The number of methoxy groups -OCH3 is 1. The Morgan fingerprint density at radius 2 is 2.00 bits per heavy atom. The van der Waals surface area contributed by atoms with Crippen molar-refractivity contribution in [2.24, 2.45) is 5.73 Å². The fourth-order valence-electron chi connectivity index (χ4n) is 2.81. The Balaban J connectivity index is 1.90. The quantitative estimate of drug-likeness (QED) is 0.886. The predicted molar refractivity (Wildman–Crippen MR) is 74.3 cm³/mol. The van der Waals surface area contributed by atoms with E-state index in [0.29, 0.717) is 0 Å². The van der Waals surface area contributed by atoms with Gasteiger partial charge in [-0.05, 0) is 55.9 Å². The summed E-state index contributed by atoms with van der Waals surface area (Å²) in [5.41, 5.74) is 9.06. The van der Waals surface area contributed by atoms with Gasteiger partial charge in [-0.2, -0.15) is 0 Å². The van der Waals surface area contributed by atoms with Gasteiger partial charge < -0.3 is 15.4 Å². The smallest absolute Gasteiger partial charge is 0.119 e. The minimum absolute atomic E-state index is 0.0564. The lowest BCUT2D eigenvalue weighted by molar-refractivity contribution is 0.414. The molecule has 0 spiro atoms. The molecule has 1 saturated carbocycles. The van der Waals surface area contributed by atoms with Gasteiger partial charge >= 0.3 is 0 Å². The molecule has 2 N–H and O–H groups in total. The first kappa shape index (κ1) is 11.8. The maximum absolute atomic E-state index is 6.28. The summed E-state index contributed by atoms with van der Waals surface area (Å²) in [6.07, 6.45) is 5.90. The van der Waals surface area contributed by atoms with Crippen molar-refractivity contribution in [3.8, 4) is 5.75 Å². The first-order valence-electron chi connectivity index (χ1n) is 6.91. The molecule has 2 aliphatic rings. The van der Waals surface area contributed by atoms with E-state index >= 15 is 0 Å². The maximum Gasteiger partial charge on any atom is 0.119 e. The Bertz CT molecular complexity index is 434. The van der Waals surface area contributed by atoms with Gasteiger partial charge in [0.15, 0.2) is 0 Å². The van der Waals surface area contributed by atoms with Crippen molar-refractivity contribution in [2.45, 2.75) is 37.6 Å². The molecular weight excluding hydrogens is 224 g/mol. The summed E-state index contributed by atoms with van der Waals surface area (Å²) in [5, 5.41) is 0. The zero-order valence-electron chi connectivity index (χ0n) is 11.1. The zero-order valence-corrected chi connectivity index (χ0v) is 11.1. The van der Waals surface area contributed by atoms with Crippen LogP contribution >= 0.6 is 0 Å². The van der Waals surface area contributed by atoms with Crippen molar-refractivity contribution >= 4 is 5.69 Å². The first-order chi connectivity index (χ1) is 8.70. The second kappa shape index (κ2) is 4.47.